The molecule has 5 heteroatoms. The van der Waals surface area contributed by atoms with Crippen LogP contribution in [0.5, 0.6) is 0 Å². The average molecular weight is 267 g/mol. The average Bonchev–Trinajstić information content (AvgIpc) is 2.71. The monoisotopic (exact) mass is 266 g/mol. The predicted molar refractivity (Wildman–Crippen MR) is 71.6 cm³/mol. The molecule has 88 valence electrons. The summed E-state index contributed by atoms with van der Waals surface area (Å²) in [5.74, 6) is -0.292. The highest BCUT2D eigenvalue weighted by molar-refractivity contribution is 7.16. The first kappa shape index (κ1) is 12.1. The third kappa shape index (κ3) is 2.84. The predicted octanol–water partition coefficient (Wildman–Crippen LogP) is 3.30. The Morgan fingerprint density at radius 3 is 2.76 bits per heavy atom. The van der Waals surface area contributed by atoms with E-state index in [0.717, 1.165) is 16.1 Å². The third-order valence-corrected chi connectivity index (χ3v) is 3.34. The summed E-state index contributed by atoms with van der Waals surface area (Å²) < 4.78 is 0. The lowest BCUT2D eigenvalue weighted by atomic mass is 10.1. The smallest absolute Gasteiger partial charge is 0.241 e. The van der Waals surface area contributed by atoms with Gasteiger partial charge in [-0.1, -0.05) is 30.3 Å². The highest BCUT2D eigenvalue weighted by Crippen LogP contribution is 2.29. The van der Waals surface area contributed by atoms with Crippen molar-refractivity contribution in [3.05, 3.63) is 35.2 Å². The van der Waals surface area contributed by atoms with E-state index in [0.29, 0.717) is 5.13 Å². The van der Waals surface area contributed by atoms with Gasteiger partial charge in [0.2, 0.25) is 5.91 Å². The second-order valence-electron chi connectivity index (χ2n) is 3.47. The zero-order chi connectivity index (χ0) is 12.3. The maximum Gasteiger partial charge on any atom is 0.241 e. The third-order valence-electron chi connectivity index (χ3n) is 2.21. The van der Waals surface area contributed by atoms with Crippen LogP contribution in [0.3, 0.4) is 0 Å². The number of carbonyl (C=O) groups excluding carboxylic acids is 1. The van der Waals surface area contributed by atoms with Gasteiger partial charge in [-0.3, -0.25) is 4.79 Å². The molecule has 0 spiro atoms. The number of alkyl halides is 1. The molecule has 2 rings (SSSR count). The summed E-state index contributed by atoms with van der Waals surface area (Å²) in [5.41, 5.74) is 1.95. The minimum atomic E-state index is -0.236. The summed E-state index contributed by atoms with van der Waals surface area (Å²) >= 11 is 6.88. The minimum absolute atomic E-state index is 0.0563. The van der Waals surface area contributed by atoms with E-state index in [1.807, 2.05) is 37.3 Å². The molecule has 0 saturated carbocycles. The van der Waals surface area contributed by atoms with Crippen molar-refractivity contribution in [3.8, 4) is 11.3 Å². The molecule has 2 aromatic rings. The zero-order valence-electron chi connectivity index (χ0n) is 9.24. The summed E-state index contributed by atoms with van der Waals surface area (Å²) in [6.07, 6.45) is 0. The van der Waals surface area contributed by atoms with Gasteiger partial charge in [0.1, 0.15) is 5.88 Å². The van der Waals surface area contributed by atoms with Gasteiger partial charge in [0, 0.05) is 10.4 Å². The van der Waals surface area contributed by atoms with E-state index in [1.165, 1.54) is 11.3 Å². The fourth-order valence-electron chi connectivity index (χ4n) is 1.47. The van der Waals surface area contributed by atoms with E-state index in [2.05, 4.69) is 10.3 Å². The first-order valence-corrected chi connectivity index (χ1v) is 6.44. The molecule has 1 aromatic carbocycles. The summed E-state index contributed by atoms with van der Waals surface area (Å²) in [6.45, 7) is 1.98. The first-order chi connectivity index (χ1) is 8.20. The van der Waals surface area contributed by atoms with Gasteiger partial charge >= 0.3 is 0 Å². The summed E-state index contributed by atoms with van der Waals surface area (Å²) in [6, 6.07) is 9.88. The Labute approximate surface area is 108 Å². The summed E-state index contributed by atoms with van der Waals surface area (Å²) in [5, 5.41) is 3.25. The van der Waals surface area contributed by atoms with Crippen molar-refractivity contribution in [1.29, 1.82) is 0 Å². The Kier molecular flexibility index (Phi) is 3.76. The van der Waals surface area contributed by atoms with Crippen molar-refractivity contribution in [2.24, 2.45) is 0 Å². The van der Waals surface area contributed by atoms with Crippen molar-refractivity contribution in [1.82, 2.24) is 4.98 Å². The standard InChI is InChI=1S/C12H11ClN2OS/c1-8-11(9-5-3-2-4-6-9)15-12(17-8)14-10(16)7-13/h2-6H,7H2,1H3,(H,14,15,16). The van der Waals surface area contributed by atoms with E-state index in [-0.39, 0.29) is 11.8 Å². The molecule has 1 heterocycles. The molecule has 1 N–H and O–H groups in total. The molecule has 0 aliphatic heterocycles. The van der Waals surface area contributed by atoms with Crippen molar-refractivity contribution in [2.75, 3.05) is 11.2 Å². The number of aromatic nitrogens is 1. The van der Waals surface area contributed by atoms with Crippen molar-refractivity contribution < 1.29 is 4.79 Å². The molecular formula is C12H11ClN2OS. The lowest BCUT2D eigenvalue weighted by molar-refractivity contribution is -0.113. The number of halogens is 1. The van der Waals surface area contributed by atoms with Gasteiger partial charge in [-0.2, -0.15) is 0 Å². The number of nitrogens with zero attached hydrogens (tertiary/aromatic N) is 1. The van der Waals surface area contributed by atoms with Crippen LogP contribution in [0.1, 0.15) is 4.88 Å². The fraction of sp³-hybridized carbons (Fsp3) is 0.167. The highest BCUT2D eigenvalue weighted by atomic mass is 35.5. The number of nitrogens with one attached hydrogen (secondary N) is 1. The number of aryl methyl sites for hydroxylation is 1. The highest BCUT2D eigenvalue weighted by Gasteiger charge is 2.10. The Morgan fingerprint density at radius 1 is 1.41 bits per heavy atom. The van der Waals surface area contributed by atoms with Gasteiger partial charge in [-0.15, -0.1) is 22.9 Å². The van der Waals surface area contributed by atoms with Gasteiger partial charge in [-0.05, 0) is 6.92 Å². The normalized spacial score (nSPS) is 10.2. The number of benzene rings is 1. The van der Waals surface area contributed by atoms with Crippen LogP contribution >= 0.6 is 22.9 Å². The summed E-state index contributed by atoms with van der Waals surface area (Å²) in [4.78, 5) is 16.6. The van der Waals surface area contributed by atoms with Crippen LogP contribution in [0.4, 0.5) is 5.13 Å². The quantitative estimate of drug-likeness (QED) is 0.866. The summed E-state index contributed by atoms with van der Waals surface area (Å²) in [7, 11) is 0. The Hall–Kier alpha value is -1.39. The number of anilines is 1. The number of hydrogen-bond acceptors (Lipinski definition) is 3. The van der Waals surface area contributed by atoms with Crippen molar-refractivity contribution >= 4 is 34.0 Å². The molecule has 0 saturated heterocycles. The molecule has 0 fully saturated rings. The molecule has 17 heavy (non-hydrogen) atoms. The lowest BCUT2D eigenvalue weighted by Crippen LogP contribution is -2.12. The van der Waals surface area contributed by atoms with Crippen molar-refractivity contribution in [3.63, 3.8) is 0 Å². The van der Waals surface area contributed by atoms with Gasteiger partial charge in [0.05, 0.1) is 5.69 Å². The second-order valence-corrected chi connectivity index (χ2v) is 4.94. The van der Waals surface area contributed by atoms with E-state index in [4.69, 9.17) is 11.6 Å². The van der Waals surface area contributed by atoms with E-state index in [9.17, 15) is 4.79 Å². The zero-order valence-corrected chi connectivity index (χ0v) is 10.8. The van der Waals surface area contributed by atoms with Gasteiger partial charge in [0.15, 0.2) is 5.13 Å². The molecule has 0 atom stereocenters. The number of thiazole rings is 1. The number of carbonyl (C=O) groups is 1. The SMILES string of the molecule is Cc1sc(NC(=O)CCl)nc1-c1ccccc1. The number of rotatable bonds is 3. The second kappa shape index (κ2) is 5.29. The largest absolute Gasteiger partial charge is 0.301 e. The molecule has 0 bridgehead atoms. The molecule has 0 radical (unpaired) electrons. The maximum absolute atomic E-state index is 11.2. The van der Waals surface area contributed by atoms with Crippen LogP contribution in [0, 0.1) is 6.92 Å². The van der Waals surface area contributed by atoms with Crippen LogP contribution in [0.25, 0.3) is 11.3 Å². The molecule has 1 amide bonds. The Balaban J connectivity index is 2.28. The molecule has 0 aliphatic carbocycles. The molecule has 1 aromatic heterocycles. The number of amides is 1. The van der Waals surface area contributed by atoms with Crippen LogP contribution in [0.15, 0.2) is 30.3 Å². The minimum Gasteiger partial charge on any atom is -0.301 e. The molecule has 0 unspecified atom stereocenters. The Bertz CT molecular complexity index is 525. The van der Waals surface area contributed by atoms with Crippen LogP contribution in [-0.2, 0) is 4.79 Å². The van der Waals surface area contributed by atoms with Gasteiger partial charge < -0.3 is 5.32 Å². The topological polar surface area (TPSA) is 42.0 Å². The van der Waals surface area contributed by atoms with Crippen LogP contribution in [0.2, 0.25) is 0 Å². The van der Waals surface area contributed by atoms with Crippen LogP contribution in [-0.4, -0.2) is 16.8 Å². The van der Waals surface area contributed by atoms with Crippen LogP contribution < -0.4 is 5.32 Å². The fourth-order valence-corrected chi connectivity index (χ4v) is 2.39. The number of hydrogen-bond donors (Lipinski definition) is 1. The lowest BCUT2D eigenvalue weighted by Gasteiger charge is -1.97. The first-order valence-electron chi connectivity index (χ1n) is 5.09. The van der Waals surface area contributed by atoms with E-state index < -0.39 is 0 Å². The van der Waals surface area contributed by atoms with Gasteiger partial charge in [-0.25, -0.2) is 4.98 Å². The molecule has 3 nitrogen and oxygen atoms in total. The molecule has 0 aliphatic rings. The van der Waals surface area contributed by atoms with Crippen molar-refractivity contribution in [2.45, 2.75) is 6.92 Å². The van der Waals surface area contributed by atoms with Gasteiger partial charge in [0.25, 0.3) is 0 Å². The maximum atomic E-state index is 11.2. The molecular weight excluding hydrogens is 256 g/mol. The Morgan fingerprint density at radius 2 is 2.12 bits per heavy atom. The van der Waals surface area contributed by atoms with E-state index >= 15 is 0 Å². The van der Waals surface area contributed by atoms with E-state index in [1.54, 1.807) is 0 Å².